The first-order valence-corrected chi connectivity index (χ1v) is 9.69. The Labute approximate surface area is 165 Å². The molecule has 0 radical (unpaired) electrons. The molecule has 0 atom stereocenters. The van der Waals surface area contributed by atoms with Gasteiger partial charge in [0.15, 0.2) is 5.11 Å². The number of hydrogen-bond acceptors (Lipinski definition) is 3. The molecule has 1 saturated carbocycles. The fourth-order valence-electron chi connectivity index (χ4n) is 4.01. The van der Waals surface area contributed by atoms with Crippen molar-refractivity contribution >= 4 is 33.9 Å². The van der Waals surface area contributed by atoms with E-state index in [2.05, 4.69) is 45.9 Å². The first-order chi connectivity index (χ1) is 13.2. The van der Waals surface area contributed by atoms with E-state index < -0.39 is 0 Å². The lowest BCUT2D eigenvalue weighted by molar-refractivity contribution is 0.408. The Morgan fingerprint density at radius 1 is 1.04 bits per heavy atom. The number of thiocarbonyl (C=S) groups is 1. The number of nitrogens with zero attached hydrogens (tertiary/aromatic N) is 1. The highest BCUT2D eigenvalue weighted by atomic mass is 32.1. The predicted molar refractivity (Wildman–Crippen MR) is 114 cm³/mol. The quantitative estimate of drug-likeness (QED) is 0.627. The van der Waals surface area contributed by atoms with E-state index in [4.69, 9.17) is 17.0 Å². The Bertz CT molecular complexity index is 952. The standard InChI is InChI=1S/C22H23N3OS/c1-26-19-12-11-18(17-10-7-15-23-20(17)19)24-21(27)25-22(13-5-6-14-22)16-8-3-2-4-9-16/h2-4,7-12,15H,5-6,13-14H2,1H3,(H2,24,25,27). The van der Waals surface area contributed by atoms with Crippen LogP contribution in [0.5, 0.6) is 5.75 Å². The molecule has 138 valence electrons. The molecular formula is C22H23N3OS. The highest BCUT2D eigenvalue weighted by Crippen LogP contribution is 2.39. The molecule has 1 aromatic heterocycles. The molecule has 4 rings (SSSR count). The molecule has 0 unspecified atom stereocenters. The Morgan fingerprint density at radius 2 is 1.81 bits per heavy atom. The molecule has 1 heterocycles. The van der Waals surface area contributed by atoms with E-state index in [1.54, 1.807) is 13.3 Å². The van der Waals surface area contributed by atoms with E-state index in [9.17, 15) is 0 Å². The van der Waals surface area contributed by atoms with Gasteiger partial charge in [-0.2, -0.15) is 0 Å². The van der Waals surface area contributed by atoms with Gasteiger partial charge in [-0.25, -0.2) is 0 Å². The fourth-order valence-corrected chi connectivity index (χ4v) is 4.32. The number of aromatic nitrogens is 1. The summed E-state index contributed by atoms with van der Waals surface area (Å²) >= 11 is 5.69. The number of fused-ring (bicyclic) bond motifs is 1. The lowest BCUT2D eigenvalue weighted by atomic mass is 9.88. The van der Waals surface area contributed by atoms with Crippen LogP contribution in [0.2, 0.25) is 0 Å². The van der Waals surface area contributed by atoms with Crippen LogP contribution >= 0.6 is 12.2 Å². The van der Waals surface area contributed by atoms with Crippen LogP contribution in [-0.4, -0.2) is 17.2 Å². The van der Waals surface area contributed by atoms with Crippen LogP contribution in [-0.2, 0) is 5.54 Å². The molecule has 0 saturated heterocycles. The summed E-state index contributed by atoms with van der Waals surface area (Å²) in [4.78, 5) is 4.46. The summed E-state index contributed by atoms with van der Waals surface area (Å²) in [5, 5.41) is 8.62. The molecule has 0 amide bonds. The number of ether oxygens (including phenoxy) is 1. The highest BCUT2D eigenvalue weighted by Gasteiger charge is 2.36. The lowest BCUT2D eigenvalue weighted by Crippen LogP contribution is -2.45. The molecule has 1 fully saturated rings. The summed E-state index contributed by atoms with van der Waals surface area (Å²) in [5.41, 5.74) is 2.96. The predicted octanol–water partition coefficient (Wildman–Crippen LogP) is 5.00. The number of nitrogens with one attached hydrogen (secondary N) is 2. The molecule has 2 aromatic carbocycles. The van der Waals surface area contributed by atoms with Gasteiger partial charge in [0.2, 0.25) is 0 Å². The summed E-state index contributed by atoms with van der Waals surface area (Å²) in [6.07, 6.45) is 6.36. The van der Waals surface area contributed by atoms with E-state index in [0.717, 1.165) is 35.2 Å². The molecule has 2 N–H and O–H groups in total. The first kappa shape index (κ1) is 17.7. The maximum atomic E-state index is 5.69. The molecule has 0 spiro atoms. The van der Waals surface area contributed by atoms with Crippen molar-refractivity contribution in [2.24, 2.45) is 0 Å². The van der Waals surface area contributed by atoms with E-state index in [1.807, 2.05) is 24.3 Å². The van der Waals surface area contributed by atoms with Crippen molar-refractivity contribution in [3.8, 4) is 5.75 Å². The van der Waals surface area contributed by atoms with Gasteiger partial charge in [0.05, 0.1) is 12.6 Å². The van der Waals surface area contributed by atoms with Crippen molar-refractivity contribution in [3.05, 3.63) is 66.4 Å². The summed E-state index contributed by atoms with van der Waals surface area (Å²) in [6, 6.07) is 18.5. The van der Waals surface area contributed by atoms with Gasteiger partial charge in [-0.05, 0) is 54.9 Å². The molecule has 0 bridgehead atoms. The molecular weight excluding hydrogens is 354 g/mol. The maximum Gasteiger partial charge on any atom is 0.171 e. The minimum absolute atomic E-state index is 0.0914. The average molecular weight is 378 g/mol. The second-order valence-corrected chi connectivity index (χ2v) is 7.36. The molecule has 5 heteroatoms. The van der Waals surface area contributed by atoms with Gasteiger partial charge >= 0.3 is 0 Å². The van der Waals surface area contributed by atoms with Crippen molar-refractivity contribution in [3.63, 3.8) is 0 Å². The summed E-state index contributed by atoms with van der Waals surface area (Å²) in [7, 11) is 1.66. The van der Waals surface area contributed by atoms with Crippen molar-refractivity contribution in [1.29, 1.82) is 0 Å². The first-order valence-electron chi connectivity index (χ1n) is 9.28. The Hall–Kier alpha value is -2.66. The highest BCUT2D eigenvalue weighted by molar-refractivity contribution is 7.80. The summed E-state index contributed by atoms with van der Waals surface area (Å²) < 4.78 is 5.43. The SMILES string of the molecule is COc1ccc(NC(=S)NC2(c3ccccc3)CCCC2)c2cccnc12. The number of hydrogen-bond donors (Lipinski definition) is 2. The zero-order valence-electron chi connectivity index (χ0n) is 15.4. The van der Waals surface area contributed by atoms with Gasteiger partial charge < -0.3 is 15.4 Å². The number of anilines is 1. The second-order valence-electron chi connectivity index (χ2n) is 6.95. The van der Waals surface area contributed by atoms with Gasteiger partial charge in [-0.1, -0.05) is 43.2 Å². The average Bonchev–Trinajstić information content (AvgIpc) is 3.18. The van der Waals surface area contributed by atoms with Gasteiger partial charge in [-0.15, -0.1) is 0 Å². The zero-order chi connectivity index (χ0) is 18.7. The third-order valence-electron chi connectivity index (χ3n) is 5.34. The monoisotopic (exact) mass is 377 g/mol. The number of benzene rings is 2. The van der Waals surface area contributed by atoms with E-state index in [-0.39, 0.29) is 5.54 Å². The van der Waals surface area contributed by atoms with Crippen LogP contribution < -0.4 is 15.4 Å². The minimum Gasteiger partial charge on any atom is -0.494 e. The lowest BCUT2D eigenvalue weighted by Gasteiger charge is -2.32. The maximum absolute atomic E-state index is 5.69. The number of methoxy groups -OCH3 is 1. The van der Waals surface area contributed by atoms with Gasteiger partial charge in [0.25, 0.3) is 0 Å². The smallest absolute Gasteiger partial charge is 0.171 e. The molecule has 27 heavy (non-hydrogen) atoms. The third-order valence-corrected chi connectivity index (χ3v) is 5.54. The summed E-state index contributed by atoms with van der Waals surface area (Å²) in [6.45, 7) is 0. The largest absolute Gasteiger partial charge is 0.494 e. The van der Waals surface area contributed by atoms with E-state index >= 15 is 0 Å². The Balaban J connectivity index is 1.60. The zero-order valence-corrected chi connectivity index (χ0v) is 16.2. The molecule has 1 aliphatic carbocycles. The van der Waals surface area contributed by atoms with Crippen LogP contribution in [0.1, 0.15) is 31.2 Å². The van der Waals surface area contributed by atoms with Gasteiger partial charge in [0, 0.05) is 17.3 Å². The van der Waals surface area contributed by atoms with Crippen LogP contribution in [0.15, 0.2) is 60.8 Å². The Morgan fingerprint density at radius 3 is 2.56 bits per heavy atom. The molecule has 1 aliphatic rings. The van der Waals surface area contributed by atoms with Crippen LogP contribution in [0.3, 0.4) is 0 Å². The number of rotatable bonds is 4. The van der Waals surface area contributed by atoms with E-state index in [0.29, 0.717) is 5.11 Å². The summed E-state index contributed by atoms with van der Waals surface area (Å²) in [5.74, 6) is 0.756. The Kier molecular flexibility index (Phi) is 4.94. The van der Waals surface area contributed by atoms with E-state index in [1.165, 1.54) is 18.4 Å². The fraction of sp³-hybridized carbons (Fsp3) is 0.273. The normalized spacial score (nSPS) is 15.4. The molecule has 3 aromatic rings. The van der Waals surface area contributed by atoms with Crippen molar-refractivity contribution in [1.82, 2.24) is 10.3 Å². The van der Waals surface area contributed by atoms with Gasteiger partial charge in [-0.3, -0.25) is 4.98 Å². The number of pyridine rings is 1. The molecule has 0 aliphatic heterocycles. The van der Waals surface area contributed by atoms with Gasteiger partial charge in [0.1, 0.15) is 11.3 Å². The van der Waals surface area contributed by atoms with Crippen molar-refractivity contribution in [2.75, 3.05) is 12.4 Å². The van der Waals surface area contributed by atoms with Crippen LogP contribution in [0, 0.1) is 0 Å². The van der Waals surface area contributed by atoms with Crippen molar-refractivity contribution in [2.45, 2.75) is 31.2 Å². The van der Waals surface area contributed by atoms with Crippen LogP contribution in [0.25, 0.3) is 10.9 Å². The second kappa shape index (κ2) is 7.53. The molecule has 4 nitrogen and oxygen atoms in total. The van der Waals surface area contributed by atoms with Crippen LogP contribution in [0.4, 0.5) is 5.69 Å². The third kappa shape index (κ3) is 3.47. The minimum atomic E-state index is -0.0914. The van der Waals surface area contributed by atoms with Crippen molar-refractivity contribution < 1.29 is 4.74 Å². The topological polar surface area (TPSA) is 46.2 Å².